The summed E-state index contributed by atoms with van der Waals surface area (Å²) in [6, 6.07) is 18.5. The second-order valence-corrected chi connectivity index (χ2v) is 10.0. The molecule has 0 amide bonds. The summed E-state index contributed by atoms with van der Waals surface area (Å²) >= 11 is 0. The fourth-order valence-electron chi connectivity index (χ4n) is 3.43. The molecule has 30 heavy (non-hydrogen) atoms. The molecule has 0 atom stereocenters. The van der Waals surface area contributed by atoms with Crippen molar-refractivity contribution < 1.29 is 12.8 Å². The van der Waals surface area contributed by atoms with E-state index in [1.54, 1.807) is 42.6 Å². The standard InChI is InChI=1S/C24H23FN2O2S/c1-24(2,3)17-7-10-20(11-8-17)30(28,29)27-19-9-12-23-21(14-19)22(15-26-23)16-5-4-6-18(25)13-16/h4-15,26-27H,1-3H3. The summed E-state index contributed by atoms with van der Waals surface area (Å²) in [6.07, 6.45) is 1.79. The summed E-state index contributed by atoms with van der Waals surface area (Å²) in [6.45, 7) is 6.24. The molecule has 154 valence electrons. The van der Waals surface area contributed by atoms with Crippen molar-refractivity contribution >= 4 is 26.6 Å². The molecule has 0 fully saturated rings. The molecule has 1 aromatic heterocycles. The Morgan fingerprint density at radius 2 is 1.67 bits per heavy atom. The molecule has 0 saturated carbocycles. The van der Waals surface area contributed by atoms with Crippen LogP contribution in [0.25, 0.3) is 22.0 Å². The number of H-pyrrole nitrogens is 1. The number of hydrogen-bond donors (Lipinski definition) is 2. The van der Waals surface area contributed by atoms with Crippen molar-refractivity contribution in [1.29, 1.82) is 0 Å². The molecule has 0 aliphatic heterocycles. The molecule has 4 aromatic rings. The van der Waals surface area contributed by atoms with Gasteiger partial charge in [-0.25, -0.2) is 12.8 Å². The van der Waals surface area contributed by atoms with Crippen LogP contribution in [0.5, 0.6) is 0 Å². The van der Waals surface area contributed by atoms with E-state index in [4.69, 9.17) is 0 Å². The Morgan fingerprint density at radius 1 is 0.933 bits per heavy atom. The monoisotopic (exact) mass is 422 g/mol. The first-order valence-electron chi connectivity index (χ1n) is 9.64. The molecule has 0 bridgehead atoms. The topological polar surface area (TPSA) is 62.0 Å². The molecule has 4 rings (SSSR count). The van der Waals surface area contributed by atoms with E-state index < -0.39 is 10.0 Å². The van der Waals surface area contributed by atoms with Crippen molar-refractivity contribution in [2.24, 2.45) is 0 Å². The third kappa shape index (κ3) is 3.96. The van der Waals surface area contributed by atoms with Gasteiger partial charge < -0.3 is 4.98 Å². The summed E-state index contributed by atoms with van der Waals surface area (Å²) in [4.78, 5) is 3.35. The van der Waals surface area contributed by atoms with Gasteiger partial charge in [-0.1, -0.05) is 45.0 Å². The molecule has 6 heteroatoms. The van der Waals surface area contributed by atoms with Crippen LogP contribution in [0.2, 0.25) is 0 Å². The summed E-state index contributed by atoms with van der Waals surface area (Å²) < 4.78 is 42.0. The van der Waals surface area contributed by atoms with Crippen molar-refractivity contribution in [2.75, 3.05) is 4.72 Å². The molecule has 0 aliphatic carbocycles. The summed E-state index contributed by atoms with van der Waals surface area (Å²) in [7, 11) is -3.73. The highest BCUT2D eigenvalue weighted by molar-refractivity contribution is 7.92. The van der Waals surface area contributed by atoms with Gasteiger partial charge in [-0.15, -0.1) is 0 Å². The van der Waals surface area contributed by atoms with E-state index in [-0.39, 0.29) is 16.1 Å². The van der Waals surface area contributed by atoms with Crippen LogP contribution < -0.4 is 4.72 Å². The van der Waals surface area contributed by atoms with Crippen LogP contribution in [0.1, 0.15) is 26.3 Å². The van der Waals surface area contributed by atoms with Gasteiger partial charge in [-0.3, -0.25) is 4.72 Å². The van der Waals surface area contributed by atoms with E-state index in [1.165, 1.54) is 12.1 Å². The fraction of sp³-hybridized carbons (Fsp3) is 0.167. The Labute approximate surface area is 175 Å². The number of hydrogen-bond acceptors (Lipinski definition) is 2. The predicted molar refractivity (Wildman–Crippen MR) is 120 cm³/mol. The van der Waals surface area contributed by atoms with Gasteiger partial charge in [0.1, 0.15) is 5.82 Å². The zero-order valence-electron chi connectivity index (χ0n) is 17.0. The largest absolute Gasteiger partial charge is 0.361 e. The average Bonchev–Trinajstić information content (AvgIpc) is 3.10. The number of anilines is 1. The van der Waals surface area contributed by atoms with Gasteiger partial charge in [0.25, 0.3) is 10.0 Å². The fourth-order valence-corrected chi connectivity index (χ4v) is 4.48. The molecule has 0 saturated heterocycles. The first-order chi connectivity index (χ1) is 14.1. The molecule has 0 unspecified atom stereocenters. The van der Waals surface area contributed by atoms with Crippen LogP contribution >= 0.6 is 0 Å². The molecule has 0 aliphatic rings. The smallest absolute Gasteiger partial charge is 0.261 e. The minimum Gasteiger partial charge on any atom is -0.361 e. The molecule has 0 radical (unpaired) electrons. The Bertz CT molecular complexity index is 1320. The normalized spacial score (nSPS) is 12.3. The van der Waals surface area contributed by atoms with Crippen LogP contribution in [-0.4, -0.2) is 13.4 Å². The highest BCUT2D eigenvalue weighted by Gasteiger charge is 2.18. The minimum absolute atomic E-state index is 0.0532. The lowest BCUT2D eigenvalue weighted by atomic mass is 9.87. The molecular formula is C24H23FN2O2S. The molecule has 0 spiro atoms. The second kappa shape index (κ2) is 7.29. The number of aromatic nitrogens is 1. The van der Waals surface area contributed by atoms with Gasteiger partial charge in [0, 0.05) is 28.4 Å². The maximum atomic E-state index is 13.6. The number of fused-ring (bicyclic) bond motifs is 1. The van der Waals surface area contributed by atoms with Crippen LogP contribution in [-0.2, 0) is 15.4 Å². The molecule has 1 heterocycles. The third-order valence-corrected chi connectivity index (χ3v) is 6.50. The number of halogens is 1. The van der Waals surface area contributed by atoms with Crippen LogP contribution in [0.4, 0.5) is 10.1 Å². The van der Waals surface area contributed by atoms with Crippen molar-refractivity contribution in [3.05, 3.63) is 84.3 Å². The number of sulfonamides is 1. The highest BCUT2D eigenvalue weighted by Crippen LogP contribution is 2.32. The van der Waals surface area contributed by atoms with Crippen molar-refractivity contribution in [3.63, 3.8) is 0 Å². The number of benzene rings is 3. The summed E-state index contributed by atoms with van der Waals surface area (Å²) in [5.41, 5.74) is 3.82. The molecule has 3 aromatic carbocycles. The zero-order valence-corrected chi connectivity index (χ0v) is 17.8. The first kappa shape index (κ1) is 20.2. The van der Waals surface area contributed by atoms with Gasteiger partial charge in [0.15, 0.2) is 0 Å². The number of aromatic amines is 1. The van der Waals surface area contributed by atoms with E-state index in [1.807, 2.05) is 18.2 Å². The average molecular weight is 423 g/mol. The lowest BCUT2D eigenvalue weighted by Gasteiger charge is -2.19. The third-order valence-electron chi connectivity index (χ3n) is 5.10. The first-order valence-corrected chi connectivity index (χ1v) is 11.1. The van der Waals surface area contributed by atoms with Crippen LogP contribution in [0, 0.1) is 5.82 Å². The van der Waals surface area contributed by atoms with E-state index in [2.05, 4.69) is 30.5 Å². The zero-order chi connectivity index (χ0) is 21.5. The Balaban J connectivity index is 1.67. The van der Waals surface area contributed by atoms with Crippen molar-refractivity contribution in [1.82, 2.24) is 4.98 Å². The van der Waals surface area contributed by atoms with E-state index in [0.29, 0.717) is 5.69 Å². The maximum Gasteiger partial charge on any atom is 0.261 e. The van der Waals surface area contributed by atoms with E-state index in [0.717, 1.165) is 27.6 Å². The highest BCUT2D eigenvalue weighted by atomic mass is 32.2. The molecular weight excluding hydrogens is 399 g/mol. The molecule has 2 N–H and O–H groups in total. The van der Waals surface area contributed by atoms with E-state index in [9.17, 15) is 12.8 Å². The van der Waals surface area contributed by atoms with Gasteiger partial charge >= 0.3 is 0 Å². The lowest BCUT2D eigenvalue weighted by Crippen LogP contribution is -2.14. The summed E-state index contributed by atoms with van der Waals surface area (Å²) in [5, 5.41) is 0.809. The molecule has 4 nitrogen and oxygen atoms in total. The lowest BCUT2D eigenvalue weighted by molar-refractivity contribution is 0.587. The minimum atomic E-state index is -3.73. The summed E-state index contributed by atoms with van der Waals surface area (Å²) in [5.74, 6) is -0.322. The SMILES string of the molecule is CC(C)(C)c1ccc(S(=O)(=O)Nc2ccc3[nH]cc(-c4cccc(F)c4)c3c2)cc1. The predicted octanol–water partition coefficient (Wildman–Crippen LogP) is 6.07. The van der Waals surface area contributed by atoms with Gasteiger partial charge in [0.05, 0.1) is 4.90 Å². The van der Waals surface area contributed by atoms with Crippen molar-refractivity contribution in [2.45, 2.75) is 31.1 Å². The van der Waals surface area contributed by atoms with Crippen LogP contribution in [0.15, 0.2) is 77.8 Å². The Hall–Kier alpha value is -3.12. The number of rotatable bonds is 4. The number of nitrogens with one attached hydrogen (secondary N) is 2. The second-order valence-electron chi connectivity index (χ2n) is 8.35. The van der Waals surface area contributed by atoms with E-state index >= 15 is 0 Å². The van der Waals surface area contributed by atoms with Gasteiger partial charge in [-0.2, -0.15) is 0 Å². The quantitative estimate of drug-likeness (QED) is 0.419. The maximum absolute atomic E-state index is 13.6. The Morgan fingerprint density at radius 3 is 2.33 bits per heavy atom. The van der Waals surface area contributed by atoms with Crippen LogP contribution in [0.3, 0.4) is 0 Å². The van der Waals surface area contributed by atoms with Gasteiger partial charge in [0.2, 0.25) is 0 Å². The van der Waals surface area contributed by atoms with Crippen molar-refractivity contribution in [3.8, 4) is 11.1 Å². The van der Waals surface area contributed by atoms with Gasteiger partial charge in [-0.05, 0) is 59.0 Å². The Kier molecular flexibility index (Phi) is 4.90.